The van der Waals surface area contributed by atoms with E-state index in [9.17, 15) is 4.79 Å². The number of thiazole rings is 1. The molecular weight excluding hydrogens is 410 g/mol. The number of nitrogens with one attached hydrogen (secondary N) is 2. The van der Waals surface area contributed by atoms with Crippen LogP contribution in [0.1, 0.15) is 17.5 Å². The van der Waals surface area contributed by atoms with Crippen molar-refractivity contribution in [2.75, 3.05) is 17.4 Å². The minimum atomic E-state index is -0.402. The predicted octanol–water partition coefficient (Wildman–Crippen LogP) is 5.05. The Balaban J connectivity index is 1.19. The summed E-state index contributed by atoms with van der Waals surface area (Å²) in [5, 5.41) is 7.25. The highest BCUT2D eigenvalue weighted by atomic mass is 32.1. The van der Waals surface area contributed by atoms with E-state index in [1.54, 1.807) is 29.5 Å². The highest BCUT2D eigenvalue weighted by molar-refractivity contribution is 7.18. The van der Waals surface area contributed by atoms with Gasteiger partial charge in [-0.2, -0.15) is 0 Å². The van der Waals surface area contributed by atoms with Gasteiger partial charge >= 0.3 is 0 Å². The Hall–Kier alpha value is -3.58. The normalized spacial score (nSPS) is 13.2. The lowest BCUT2D eigenvalue weighted by Crippen LogP contribution is -2.31. The minimum absolute atomic E-state index is 0.127. The highest BCUT2D eigenvalue weighted by Gasteiger charge is 2.17. The maximum Gasteiger partial charge on any atom is 0.246 e. The van der Waals surface area contributed by atoms with Gasteiger partial charge in [0, 0.05) is 23.9 Å². The van der Waals surface area contributed by atoms with Crippen LogP contribution in [0.3, 0.4) is 0 Å². The van der Waals surface area contributed by atoms with Gasteiger partial charge in [0.15, 0.2) is 11.5 Å². The molecule has 0 spiro atoms. The maximum atomic E-state index is 12.6. The van der Waals surface area contributed by atoms with Gasteiger partial charge in [0.25, 0.3) is 0 Å². The molecule has 31 heavy (non-hydrogen) atoms. The van der Waals surface area contributed by atoms with Gasteiger partial charge in [-0.25, -0.2) is 4.98 Å². The van der Waals surface area contributed by atoms with Crippen molar-refractivity contribution < 1.29 is 14.3 Å². The molecule has 6 nitrogen and oxygen atoms in total. The van der Waals surface area contributed by atoms with Crippen LogP contribution in [0.5, 0.6) is 11.5 Å². The summed E-state index contributed by atoms with van der Waals surface area (Å²) in [6, 6.07) is 21.3. The number of rotatable bonds is 6. The molecular formula is C24H21N3O3S. The van der Waals surface area contributed by atoms with E-state index in [1.165, 1.54) is 10.3 Å². The van der Waals surface area contributed by atoms with Gasteiger partial charge in [0.1, 0.15) is 6.04 Å². The van der Waals surface area contributed by atoms with Gasteiger partial charge in [0.2, 0.25) is 12.7 Å². The van der Waals surface area contributed by atoms with E-state index in [2.05, 4.69) is 28.8 Å². The fraction of sp³-hybridized carbons (Fsp3) is 0.167. The van der Waals surface area contributed by atoms with Crippen LogP contribution in [0.25, 0.3) is 10.2 Å². The molecule has 0 radical (unpaired) electrons. The lowest BCUT2D eigenvalue weighted by Gasteiger charge is -2.16. The van der Waals surface area contributed by atoms with Crippen molar-refractivity contribution in [3.8, 4) is 11.5 Å². The molecule has 1 atom stereocenters. The number of carbonyl (C=O) groups excluding carboxylic acids is 1. The van der Waals surface area contributed by atoms with Crippen LogP contribution in [0, 0.1) is 0 Å². The standard InChI is InChI=1S/C24H21N3O3S/c1-15(24(28)26-18-10-11-20-21(13-18)30-14-29-20)25-17-8-6-16(7-9-17)12-23-27-19-4-2-3-5-22(19)31-23/h2-11,13,15,25H,12,14H2,1H3,(H,26,28). The van der Waals surface area contributed by atoms with Gasteiger partial charge in [-0.3, -0.25) is 4.79 Å². The molecule has 156 valence electrons. The SMILES string of the molecule is CC(Nc1ccc(Cc2nc3ccccc3s2)cc1)C(=O)Nc1ccc2c(c1)OCO2. The topological polar surface area (TPSA) is 72.5 Å². The molecule has 0 fully saturated rings. The lowest BCUT2D eigenvalue weighted by atomic mass is 10.1. The molecule has 0 aliphatic carbocycles. The van der Waals surface area contributed by atoms with Crippen LogP contribution >= 0.6 is 11.3 Å². The van der Waals surface area contributed by atoms with Crippen molar-refractivity contribution in [1.29, 1.82) is 0 Å². The van der Waals surface area contributed by atoms with Gasteiger partial charge in [0.05, 0.1) is 15.2 Å². The number of ether oxygens (including phenoxy) is 2. The number of hydrogen-bond donors (Lipinski definition) is 2. The molecule has 0 saturated carbocycles. The molecule has 1 aliphatic rings. The van der Waals surface area contributed by atoms with E-state index in [1.807, 2.05) is 37.3 Å². The quantitative estimate of drug-likeness (QED) is 0.447. The van der Waals surface area contributed by atoms with Crippen molar-refractivity contribution in [1.82, 2.24) is 4.98 Å². The van der Waals surface area contributed by atoms with E-state index < -0.39 is 6.04 Å². The number of aromatic nitrogens is 1. The zero-order valence-corrected chi connectivity index (χ0v) is 17.7. The van der Waals surface area contributed by atoms with Gasteiger partial charge in [-0.15, -0.1) is 11.3 Å². The number of fused-ring (bicyclic) bond motifs is 2. The molecule has 1 unspecified atom stereocenters. The zero-order valence-electron chi connectivity index (χ0n) is 16.9. The molecule has 2 N–H and O–H groups in total. The third-order valence-electron chi connectivity index (χ3n) is 5.06. The number of amides is 1. The Morgan fingerprint density at radius 2 is 1.81 bits per heavy atom. The lowest BCUT2D eigenvalue weighted by molar-refractivity contribution is -0.116. The van der Waals surface area contributed by atoms with E-state index >= 15 is 0 Å². The van der Waals surface area contributed by atoms with Crippen molar-refractivity contribution in [3.63, 3.8) is 0 Å². The van der Waals surface area contributed by atoms with Crippen LogP contribution in [-0.4, -0.2) is 23.7 Å². The summed E-state index contributed by atoms with van der Waals surface area (Å²) in [4.78, 5) is 17.3. The van der Waals surface area contributed by atoms with Crippen LogP contribution in [-0.2, 0) is 11.2 Å². The second kappa shape index (κ2) is 8.28. The van der Waals surface area contributed by atoms with E-state index in [4.69, 9.17) is 14.5 Å². The average Bonchev–Trinajstić information content (AvgIpc) is 3.40. The van der Waals surface area contributed by atoms with Crippen LogP contribution < -0.4 is 20.1 Å². The second-order valence-electron chi connectivity index (χ2n) is 7.37. The molecule has 7 heteroatoms. The van der Waals surface area contributed by atoms with Crippen molar-refractivity contribution >= 4 is 38.8 Å². The van der Waals surface area contributed by atoms with Crippen molar-refractivity contribution in [2.24, 2.45) is 0 Å². The zero-order chi connectivity index (χ0) is 21.2. The number of carbonyl (C=O) groups is 1. The molecule has 5 rings (SSSR count). The summed E-state index contributed by atoms with van der Waals surface area (Å²) in [7, 11) is 0. The highest BCUT2D eigenvalue weighted by Crippen LogP contribution is 2.34. The monoisotopic (exact) mass is 431 g/mol. The van der Waals surface area contributed by atoms with Crippen LogP contribution in [0.4, 0.5) is 11.4 Å². The third kappa shape index (κ3) is 4.32. The number of hydrogen-bond acceptors (Lipinski definition) is 6. The summed E-state index contributed by atoms with van der Waals surface area (Å²) < 4.78 is 11.9. The Morgan fingerprint density at radius 1 is 1.03 bits per heavy atom. The second-order valence-corrected chi connectivity index (χ2v) is 8.49. The first kappa shape index (κ1) is 19.4. The van der Waals surface area contributed by atoms with Gasteiger partial charge < -0.3 is 20.1 Å². The Bertz CT molecular complexity index is 1200. The molecule has 0 saturated heterocycles. The molecule has 0 bridgehead atoms. The largest absolute Gasteiger partial charge is 0.454 e. The molecule has 2 heterocycles. The fourth-order valence-electron chi connectivity index (χ4n) is 3.43. The molecule has 1 aliphatic heterocycles. The fourth-order valence-corrected chi connectivity index (χ4v) is 4.43. The molecule has 4 aromatic rings. The van der Waals surface area contributed by atoms with Crippen molar-refractivity contribution in [2.45, 2.75) is 19.4 Å². The average molecular weight is 432 g/mol. The number of anilines is 2. The van der Waals surface area contributed by atoms with E-state index in [0.29, 0.717) is 17.2 Å². The molecule has 1 amide bonds. The first-order valence-corrected chi connectivity index (χ1v) is 10.9. The van der Waals surface area contributed by atoms with Gasteiger partial charge in [-0.1, -0.05) is 24.3 Å². The predicted molar refractivity (Wildman–Crippen MR) is 123 cm³/mol. The van der Waals surface area contributed by atoms with Crippen LogP contribution in [0.2, 0.25) is 0 Å². The summed E-state index contributed by atoms with van der Waals surface area (Å²) in [6.07, 6.45) is 0.791. The smallest absolute Gasteiger partial charge is 0.246 e. The third-order valence-corrected chi connectivity index (χ3v) is 6.10. The minimum Gasteiger partial charge on any atom is -0.454 e. The number of benzene rings is 3. The summed E-state index contributed by atoms with van der Waals surface area (Å²) in [5.41, 5.74) is 3.79. The van der Waals surface area contributed by atoms with E-state index in [0.717, 1.165) is 22.6 Å². The molecule has 1 aromatic heterocycles. The Morgan fingerprint density at radius 3 is 2.65 bits per heavy atom. The van der Waals surface area contributed by atoms with E-state index in [-0.39, 0.29) is 12.7 Å². The summed E-state index contributed by atoms with van der Waals surface area (Å²) in [5.74, 6) is 1.20. The first-order chi connectivity index (χ1) is 15.1. The van der Waals surface area contributed by atoms with Crippen molar-refractivity contribution in [3.05, 3.63) is 77.3 Å². The summed E-state index contributed by atoms with van der Waals surface area (Å²) in [6.45, 7) is 2.04. The maximum absolute atomic E-state index is 12.6. The number of nitrogens with zero attached hydrogens (tertiary/aromatic N) is 1. The summed E-state index contributed by atoms with van der Waals surface area (Å²) >= 11 is 1.72. The first-order valence-electron chi connectivity index (χ1n) is 10.0. The Kier molecular flexibility index (Phi) is 5.18. The number of para-hydroxylation sites is 1. The van der Waals surface area contributed by atoms with Gasteiger partial charge in [-0.05, 0) is 48.9 Å². The van der Waals surface area contributed by atoms with Crippen LogP contribution in [0.15, 0.2) is 66.7 Å². The molecule has 3 aromatic carbocycles. The Labute approximate surface area is 183 Å².